The van der Waals surface area contributed by atoms with E-state index in [2.05, 4.69) is 11.9 Å². The summed E-state index contributed by atoms with van der Waals surface area (Å²) in [5.74, 6) is 2.27. The molecule has 14 heavy (non-hydrogen) atoms. The lowest BCUT2D eigenvalue weighted by molar-refractivity contribution is 0.0758. The van der Waals surface area contributed by atoms with Crippen LogP contribution in [0.3, 0.4) is 0 Å². The fourth-order valence-electron chi connectivity index (χ4n) is 4.53. The molecule has 2 atom stereocenters. The molecule has 1 aliphatic heterocycles. The molecular formula is C13H23N. The van der Waals surface area contributed by atoms with Gasteiger partial charge in [-0.05, 0) is 69.5 Å². The van der Waals surface area contributed by atoms with Crippen LogP contribution < -0.4 is 0 Å². The molecule has 0 radical (unpaired) electrons. The molecule has 2 aliphatic carbocycles. The van der Waals surface area contributed by atoms with Crippen LogP contribution in [0.4, 0.5) is 0 Å². The average Bonchev–Trinajstić information content (AvgIpc) is 2.75. The van der Waals surface area contributed by atoms with Gasteiger partial charge in [0.05, 0.1) is 0 Å². The number of fused-ring (bicyclic) bond motifs is 2. The zero-order valence-electron chi connectivity index (χ0n) is 9.47. The van der Waals surface area contributed by atoms with Gasteiger partial charge in [0.15, 0.2) is 0 Å². The zero-order chi connectivity index (χ0) is 9.60. The van der Waals surface area contributed by atoms with E-state index in [1.54, 1.807) is 25.7 Å². The summed E-state index contributed by atoms with van der Waals surface area (Å²) < 4.78 is 0. The van der Waals surface area contributed by atoms with E-state index in [9.17, 15) is 0 Å². The fourth-order valence-corrected chi connectivity index (χ4v) is 4.53. The number of rotatable bonds is 0. The van der Waals surface area contributed by atoms with Crippen LogP contribution in [0.2, 0.25) is 0 Å². The van der Waals surface area contributed by atoms with Crippen molar-refractivity contribution >= 4 is 0 Å². The largest absolute Gasteiger partial charge is 0.306 e. The first-order valence-corrected chi connectivity index (χ1v) is 6.49. The molecule has 3 fully saturated rings. The Morgan fingerprint density at radius 3 is 2.57 bits per heavy atom. The lowest BCUT2D eigenvalue weighted by Gasteiger charge is -2.42. The van der Waals surface area contributed by atoms with Crippen molar-refractivity contribution in [2.75, 3.05) is 20.1 Å². The van der Waals surface area contributed by atoms with Crippen LogP contribution in [-0.4, -0.2) is 25.0 Å². The van der Waals surface area contributed by atoms with Crippen LogP contribution >= 0.6 is 0 Å². The average molecular weight is 193 g/mol. The van der Waals surface area contributed by atoms with E-state index >= 15 is 0 Å². The highest BCUT2D eigenvalue weighted by atomic mass is 15.1. The molecule has 1 nitrogen and oxygen atoms in total. The van der Waals surface area contributed by atoms with E-state index in [0.29, 0.717) is 0 Å². The summed E-state index contributed by atoms with van der Waals surface area (Å²) in [6, 6.07) is 0. The van der Waals surface area contributed by atoms with Crippen molar-refractivity contribution in [3.8, 4) is 0 Å². The first kappa shape index (κ1) is 9.21. The van der Waals surface area contributed by atoms with Gasteiger partial charge < -0.3 is 4.90 Å². The SMILES string of the molecule is CN1CCC2(CCC3CCCC32)CC1. The minimum Gasteiger partial charge on any atom is -0.306 e. The van der Waals surface area contributed by atoms with Crippen molar-refractivity contribution in [3.63, 3.8) is 0 Å². The van der Waals surface area contributed by atoms with Gasteiger partial charge in [0.1, 0.15) is 0 Å². The Balaban J connectivity index is 1.77. The Hall–Kier alpha value is -0.0400. The molecule has 1 heterocycles. The minimum absolute atomic E-state index is 0.813. The van der Waals surface area contributed by atoms with E-state index in [0.717, 1.165) is 17.3 Å². The van der Waals surface area contributed by atoms with Gasteiger partial charge in [0.2, 0.25) is 0 Å². The quantitative estimate of drug-likeness (QED) is 0.572. The van der Waals surface area contributed by atoms with Crippen molar-refractivity contribution < 1.29 is 0 Å². The fraction of sp³-hybridized carbons (Fsp3) is 1.00. The Labute approximate surface area is 87.9 Å². The number of hydrogen-bond acceptors (Lipinski definition) is 1. The molecule has 0 aromatic rings. The summed E-state index contributed by atoms with van der Waals surface area (Å²) in [6.45, 7) is 2.73. The topological polar surface area (TPSA) is 3.24 Å². The third kappa shape index (κ3) is 1.25. The lowest BCUT2D eigenvalue weighted by Crippen LogP contribution is -2.40. The van der Waals surface area contributed by atoms with Crippen LogP contribution in [0, 0.1) is 17.3 Å². The predicted octanol–water partition coefficient (Wildman–Crippen LogP) is 2.91. The highest BCUT2D eigenvalue weighted by Gasteiger charge is 2.50. The van der Waals surface area contributed by atoms with E-state index in [4.69, 9.17) is 0 Å². The van der Waals surface area contributed by atoms with Crippen molar-refractivity contribution in [3.05, 3.63) is 0 Å². The highest BCUT2D eigenvalue weighted by Crippen LogP contribution is 2.58. The Morgan fingerprint density at radius 2 is 1.79 bits per heavy atom. The van der Waals surface area contributed by atoms with Crippen molar-refractivity contribution in [2.45, 2.75) is 44.9 Å². The molecule has 1 spiro atoms. The third-order valence-corrected chi connectivity index (χ3v) is 5.44. The molecule has 0 bridgehead atoms. The maximum Gasteiger partial charge on any atom is -0.00164 e. The summed E-state index contributed by atoms with van der Waals surface area (Å²) >= 11 is 0. The molecule has 2 unspecified atom stereocenters. The summed E-state index contributed by atoms with van der Waals surface area (Å²) in [5, 5.41) is 0. The number of hydrogen-bond donors (Lipinski definition) is 0. The van der Waals surface area contributed by atoms with Gasteiger partial charge in [-0.15, -0.1) is 0 Å². The van der Waals surface area contributed by atoms with E-state index < -0.39 is 0 Å². The Morgan fingerprint density at radius 1 is 1.00 bits per heavy atom. The van der Waals surface area contributed by atoms with Gasteiger partial charge in [-0.3, -0.25) is 0 Å². The monoisotopic (exact) mass is 193 g/mol. The van der Waals surface area contributed by atoms with Crippen LogP contribution in [-0.2, 0) is 0 Å². The first-order chi connectivity index (χ1) is 6.80. The molecule has 1 heteroatoms. The van der Waals surface area contributed by atoms with Crippen molar-refractivity contribution in [1.29, 1.82) is 0 Å². The van der Waals surface area contributed by atoms with Gasteiger partial charge >= 0.3 is 0 Å². The van der Waals surface area contributed by atoms with Gasteiger partial charge in [0.25, 0.3) is 0 Å². The summed E-state index contributed by atoms with van der Waals surface area (Å²) in [4.78, 5) is 2.52. The standard InChI is InChI=1S/C13H23N/c1-14-9-7-13(8-10-14)6-5-11-3-2-4-12(11)13/h11-12H,2-10H2,1H3. The summed E-state index contributed by atoms with van der Waals surface area (Å²) in [6.07, 6.45) is 10.8. The first-order valence-electron chi connectivity index (χ1n) is 6.49. The maximum atomic E-state index is 2.52. The molecule has 0 aromatic carbocycles. The summed E-state index contributed by atoms with van der Waals surface area (Å²) in [7, 11) is 2.29. The molecule has 3 rings (SSSR count). The molecular weight excluding hydrogens is 170 g/mol. The zero-order valence-corrected chi connectivity index (χ0v) is 9.47. The predicted molar refractivity (Wildman–Crippen MR) is 59.2 cm³/mol. The lowest BCUT2D eigenvalue weighted by atomic mass is 9.69. The van der Waals surface area contributed by atoms with Crippen LogP contribution in [0.15, 0.2) is 0 Å². The van der Waals surface area contributed by atoms with Crippen molar-refractivity contribution in [2.24, 2.45) is 17.3 Å². The smallest absolute Gasteiger partial charge is 0.00164 e. The third-order valence-electron chi connectivity index (χ3n) is 5.44. The number of nitrogens with zero attached hydrogens (tertiary/aromatic N) is 1. The minimum atomic E-state index is 0.813. The van der Waals surface area contributed by atoms with E-state index in [-0.39, 0.29) is 0 Å². The normalized spacial score (nSPS) is 41.8. The van der Waals surface area contributed by atoms with E-state index in [1.165, 1.54) is 32.4 Å². The molecule has 1 saturated heterocycles. The van der Waals surface area contributed by atoms with Gasteiger partial charge in [0, 0.05) is 0 Å². The van der Waals surface area contributed by atoms with Crippen LogP contribution in [0.1, 0.15) is 44.9 Å². The second-order valence-electron chi connectivity index (χ2n) is 6.00. The van der Waals surface area contributed by atoms with Gasteiger partial charge in [-0.1, -0.05) is 12.8 Å². The maximum absolute atomic E-state index is 2.52. The van der Waals surface area contributed by atoms with Crippen LogP contribution in [0.5, 0.6) is 0 Å². The van der Waals surface area contributed by atoms with Gasteiger partial charge in [-0.2, -0.15) is 0 Å². The second-order valence-corrected chi connectivity index (χ2v) is 6.00. The molecule has 2 saturated carbocycles. The number of piperidine rings is 1. The van der Waals surface area contributed by atoms with Crippen LogP contribution in [0.25, 0.3) is 0 Å². The molecule has 0 N–H and O–H groups in total. The van der Waals surface area contributed by atoms with Gasteiger partial charge in [-0.25, -0.2) is 0 Å². The molecule has 0 amide bonds. The van der Waals surface area contributed by atoms with Crippen molar-refractivity contribution in [1.82, 2.24) is 4.90 Å². The molecule has 3 aliphatic rings. The Bertz CT molecular complexity index is 215. The van der Waals surface area contributed by atoms with E-state index in [1.807, 2.05) is 0 Å². The Kier molecular flexibility index (Phi) is 2.12. The highest BCUT2D eigenvalue weighted by molar-refractivity contribution is 5.01. The summed E-state index contributed by atoms with van der Waals surface area (Å²) in [5.41, 5.74) is 0.813. The molecule has 0 aromatic heterocycles. The second kappa shape index (κ2) is 3.23. The number of likely N-dealkylation sites (tertiary alicyclic amines) is 1. The molecule has 80 valence electrons.